The van der Waals surface area contributed by atoms with Gasteiger partial charge >= 0.3 is 0 Å². The van der Waals surface area contributed by atoms with Crippen LogP contribution in [0.15, 0.2) is 24.9 Å². The normalized spacial score (nSPS) is 8.64. The summed E-state index contributed by atoms with van der Waals surface area (Å²) in [6, 6.07) is 0. The van der Waals surface area contributed by atoms with E-state index in [0.717, 1.165) is 5.82 Å². The second kappa shape index (κ2) is 4.62. The van der Waals surface area contributed by atoms with Crippen LogP contribution >= 0.6 is 0 Å². The predicted molar refractivity (Wildman–Crippen MR) is 45.2 cm³/mol. The fourth-order valence-electron chi connectivity index (χ4n) is 0.421. The van der Waals surface area contributed by atoms with Crippen molar-refractivity contribution in [3.05, 3.63) is 24.9 Å². The lowest BCUT2D eigenvalue weighted by molar-refractivity contribution is 0.112. The van der Waals surface area contributed by atoms with Gasteiger partial charge in [0.1, 0.15) is 5.82 Å². The molecule has 0 atom stereocenters. The van der Waals surface area contributed by atoms with Crippen LogP contribution in [-0.2, 0) is 4.84 Å². The molecule has 0 aliphatic rings. The highest BCUT2D eigenvalue weighted by atomic mass is 16.7. The molecule has 4 nitrogen and oxygen atoms in total. The fraction of sp³-hybridized carbons (Fsp3) is 0.429. The SMILES string of the molecule is C=C(NC(=C)N(C)C)ONC. The molecule has 4 heteroatoms. The monoisotopic (exact) mass is 157 g/mol. The van der Waals surface area contributed by atoms with Crippen LogP contribution in [0.1, 0.15) is 0 Å². The number of hydrogen-bond acceptors (Lipinski definition) is 4. The average molecular weight is 157 g/mol. The number of nitrogens with one attached hydrogen (secondary N) is 2. The summed E-state index contributed by atoms with van der Waals surface area (Å²) in [6.45, 7) is 7.31. The molecule has 0 heterocycles. The zero-order chi connectivity index (χ0) is 8.85. The van der Waals surface area contributed by atoms with Crippen molar-refractivity contribution in [1.82, 2.24) is 15.7 Å². The van der Waals surface area contributed by atoms with Crippen molar-refractivity contribution in [2.45, 2.75) is 0 Å². The Bertz CT molecular complexity index is 154. The van der Waals surface area contributed by atoms with Gasteiger partial charge in [-0.3, -0.25) is 0 Å². The van der Waals surface area contributed by atoms with E-state index in [4.69, 9.17) is 4.84 Å². The number of hydroxylamine groups is 1. The summed E-state index contributed by atoms with van der Waals surface area (Å²) in [4.78, 5) is 6.64. The first-order valence-electron chi connectivity index (χ1n) is 3.23. The van der Waals surface area contributed by atoms with Gasteiger partial charge < -0.3 is 15.1 Å². The molecule has 11 heavy (non-hydrogen) atoms. The summed E-state index contributed by atoms with van der Waals surface area (Å²) in [5.41, 5.74) is 2.49. The lowest BCUT2D eigenvalue weighted by Crippen LogP contribution is -2.26. The van der Waals surface area contributed by atoms with Crippen molar-refractivity contribution in [2.75, 3.05) is 21.1 Å². The summed E-state index contributed by atoms with van der Waals surface area (Å²) < 4.78 is 0. The van der Waals surface area contributed by atoms with Crippen LogP contribution in [0, 0.1) is 0 Å². The molecule has 0 aromatic carbocycles. The zero-order valence-electron chi connectivity index (χ0n) is 7.27. The lowest BCUT2D eigenvalue weighted by atomic mass is 10.6. The Balaban J connectivity index is 3.67. The third kappa shape index (κ3) is 4.27. The summed E-state index contributed by atoms with van der Waals surface area (Å²) in [7, 11) is 5.41. The van der Waals surface area contributed by atoms with E-state index in [1.54, 1.807) is 7.05 Å². The Morgan fingerprint density at radius 1 is 1.36 bits per heavy atom. The van der Waals surface area contributed by atoms with Crippen molar-refractivity contribution in [1.29, 1.82) is 0 Å². The van der Waals surface area contributed by atoms with Crippen LogP contribution in [0.25, 0.3) is 0 Å². The second-order valence-corrected chi connectivity index (χ2v) is 2.20. The van der Waals surface area contributed by atoms with Crippen LogP contribution in [0.4, 0.5) is 0 Å². The van der Waals surface area contributed by atoms with Crippen LogP contribution in [0.3, 0.4) is 0 Å². The van der Waals surface area contributed by atoms with Crippen molar-refractivity contribution in [2.24, 2.45) is 0 Å². The van der Waals surface area contributed by atoms with E-state index >= 15 is 0 Å². The van der Waals surface area contributed by atoms with Gasteiger partial charge in [-0.1, -0.05) is 6.58 Å². The molecule has 0 aliphatic heterocycles. The molecule has 0 amide bonds. The largest absolute Gasteiger partial charge is 0.391 e. The molecule has 0 unspecified atom stereocenters. The third-order valence-electron chi connectivity index (χ3n) is 1.05. The van der Waals surface area contributed by atoms with Crippen molar-refractivity contribution in [3.8, 4) is 0 Å². The Morgan fingerprint density at radius 2 is 1.91 bits per heavy atom. The number of rotatable bonds is 5. The van der Waals surface area contributed by atoms with Gasteiger partial charge in [0.25, 0.3) is 0 Å². The van der Waals surface area contributed by atoms with Crippen LogP contribution in [0.2, 0.25) is 0 Å². The molecule has 0 saturated heterocycles. The second-order valence-electron chi connectivity index (χ2n) is 2.20. The molecular weight excluding hydrogens is 142 g/mol. The fourth-order valence-corrected chi connectivity index (χ4v) is 0.421. The van der Waals surface area contributed by atoms with Gasteiger partial charge in [-0.25, -0.2) is 0 Å². The molecule has 0 fully saturated rings. The minimum Gasteiger partial charge on any atom is -0.391 e. The molecule has 0 rings (SSSR count). The maximum Gasteiger partial charge on any atom is 0.210 e. The van der Waals surface area contributed by atoms with Gasteiger partial charge in [0.2, 0.25) is 5.88 Å². The molecule has 0 bridgehead atoms. The number of hydrogen-bond donors (Lipinski definition) is 2. The Kier molecular flexibility index (Phi) is 4.14. The van der Waals surface area contributed by atoms with E-state index in [-0.39, 0.29) is 0 Å². The summed E-state index contributed by atoms with van der Waals surface area (Å²) in [5, 5.41) is 2.83. The van der Waals surface area contributed by atoms with E-state index in [1.807, 2.05) is 19.0 Å². The molecule has 0 aromatic heterocycles. The first-order valence-corrected chi connectivity index (χ1v) is 3.23. The van der Waals surface area contributed by atoms with Crippen molar-refractivity contribution < 1.29 is 4.84 Å². The molecule has 2 N–H and O–H groups in total. The van der Waals surface area contributed by atoms with Gasteiger partial charge in [0.15, 0.2) is 0 Å². The quantitative estimate of drug-likeness (QED) is 0.442. The third-order valence-corrected chi connectivity index (χ3v) is 1.05. The summed E-state index contributed by atoms with van der Waals surface area (Å²) >= 11 is 0. The standard InChI is InChI=1S/C7H15N3O/c1-6(10(4)5)9-7(2)11-8-3/h8-9H,1-2H2,3-5H3. The van der Waals surface area contributed by atoms with Gasteiger partial charge in [-0.2, -0.15) is 5.48 Å². The van der Waals surface area contributed by atoms with Gasteiger partial charge in [-0.05, 0) is 6.58 Å². The zero-order valence-corrected chi connectivity index (χ0v) is 7.27. The van der Waals surface area contributed by atoms with Crippen LogP contribution < -0.4 is 10.8 Å². The minimum atomic E-state index is 0.422. The molecule has 0 spiro atoms. The molecular formula is C7H15N3O. The van der Waals surface area contributed by atoms with E-state index in [2.05, 4.69) is 24.0 Å². The van der Waals surface area contributed by atoms with Crippen LogP contribution in [0.5, 0.6) is 0 Å². The van der Waals surface area contributed by atoms with Crippen LogP contribution in [-0.4, -0.2) is 26.0 Å². The van der Waals surface area contributed by atoms with E-state index in [9.17, 15) is 0 Å². The molecule has 0 aromatic rings. The van der Waals surface area contributed by atoms with Gasteiger partial charge in [-0.15, -0.1) is 0 Å². The van der Waals surface area contributed by atoms with Gasteiger partial charge in [0.05, 0.1) is 0 Å². The minimum absolute atomic E-state index is 0.422. The lowest BCUT2D eigenvalue weighted by Gasteiger charge is -2.18. The van der Waals surface area contributed by atoms with E-state index < -0.39 is 0 Å². The Morgan fingerprint density at radius 3 is 2.27 bits per heavy atom. The highest BCUT2D eigenvalue weighted by Gasteiger charge is 1.97. The first-order chi connectivity index (χ1) is 5.07. The van der Waals surface area contributed by atoms with E-state index in [1.165, 1.54) is 0 Å². The summed E-state index contributed by atoms with van der Waals surface area (Å²) in [5.74, 6) is 1.15. The van der Waals surface area contributed by atoms with Crippen molar-refractivity contribution in [3.63, 3.8) is 0 Å². The average Bonchev–Trinajstić information content (AvgIpc) is 1.87. The van der Waals surface area contributed by atoms with E-state index in [0.29, 0.717) is 5.88 Å². The topological polar surface area (TPSA) is 36.5 Å². The molecule has 64 valence electrons. The Hall–Kier alpha value is -1.16. The van der Waals surface area contributed by atoms with Crippen molar-refractivity contribution >= 4 is 0 Å². The maximum atomic E-state index is 4.82. The molecule has 0 aliphatic carbocycles. The highest BCUT2D eigenvalue weighted by Crippen LogP contribution is 1.92. The molecule has 0 saturated carbocycles. The smallest absolute Gasteiger partial charge is 0.210 e. The summed E-state index contributed by atoms with van der Waals surface area (Å²) in [6.07, 6.45) is 0. The first kappa shape index (κ1) is 9.84. The molecule has 0 radical (unpaired) electrons. The predicted octanol–water partition coefficient (Wildman–Crippen LogP) is 0.231. The highest BCUT2D eigenvalue weighted by molar-refractivity contribution is 4.96. The Labute approximate surface area is 67.5 Å². The van der Waals surface area contributed by atoms with Gasteiger partial charge in [0, 0.05) is 21.1 Å². The number of nitrogens with zero attached hydrogens (tertiary/aromatic N) is 1. The maximum absolute atomic E-state index is 4.82.